The van der Waals surface area contributed by atoms with Crippen LogP contribution in [0.4, 0.5) is 0 Å². The van der Waals surface area contributed by atoms with Crippen molar-refractivity contribution < 1.29 is 19.0 Å². The number of carbonyl (C=O) groups excluding carboxylic acids is 1. The molecule has 2 aromatic carbocycles. The quantitative estimate of drug-likeness (QED) is 0.661. The van der Waals surface area contributed by atoms with Crippen LogP contribution < -0.4 is 14.2 Å². The molecule has 0 spiro atoms. The standard InChI is InChI=1S/C17H16BrClO4/c1-10-6-11(18)7-14(19)17(10)23-9-15(20)13-5-4-12(21-2)8-16(13)22-3/h4-8H,9H2,1-3H3. The second-order valence-electron chi connectivity index (χ2n) is 4.81. The van der Waals surface area contributed by atoms with E-state index in [2.05, 4.69) is 15.9 Å². The molecule has 0 N–H and O–H groups in total. The molecule has 0 saturated heterocycles. The van der Waals surface area contributed by atoms with Gasteiger partial charge in [-0.2, -0.15) is 0 Å². The molecule has 6 heteroatoms. The number of Topliss-reactive ketones (excluding diaryl/α,β-unsaturated/α-hetero) is 1. The lowest BCUT2D eigenvalue weighted by molar-refractivity contribution is 0.0918. The summed E-state index contributed by atoms with van der Waals surface area (Å²) in [6.07, 6.45) is 0. The molecule has 0 radical (unpaired) electrons. The van der Waals surface area contributed by atoms with Crippen LogP contribution in [0.25, 0.3) is 0 Å². The van der Waals surface area contributed by atoms with Gasteiger partial charge in [-0.05, 0) is 36.8 Å². The summed E-state index contributed by atoms with van der Waals surface area (Å²) in [5, 5.41) is 0.450. The zero-order valence-corrected chi connectivity index (χ0v) is 15.3. The van der Waals surface area contributed by atoms with Crippen LogP contribution in [0.15, 0.2) is 34.8 Å². The van der Waals surface area contributed by atoms with Gasteiger partial charge in [-0.15, -0.1) is 0 Å². The van der Waals surface area contributed by atoms with Crippen molar-refractivity contribution in [3.8, 4) is 17.2 Å². The second-order valence-corrected chi connectivity index (χ2v) is 6.13. The van der Waals surface area contributed by atoms with Gasteiger partial charge in [-0.1, -0.05) is 27.5 Å². The van der Waals surface area contributed by atoms with Crippen LogP contribution in [0.2, 0.25) is 5.02 Å². The fourth-order valence-corrected chi connectivity index (χ4v) is 3.14. The van der Waals surface area contributed by atoms with Crippen LogP contribution in [0, 0.1) is 6.92 Å². The van der Waals surface area contributed by atoms with Gasteiger partial charge in [-0.3, -0.25) is 4.79 Å². The first kappa shape index (κ1) is 17.6. The smallest absolute Gasteiger partial charge is 0.203 e. The molecule has 0 amide bonds. The largest absolute Gasteiger partial charge is 0.497 e. The van der Waals surface area contributed by atoms with Crippen molar-refractivity contribution in [2.45, 2.75) is 6.92 Å². The maximum Gasteiger partial charge on any atom is 0.203 e. The van der Waals surface area contributed by atoms with Crippen molar-refractivity contribution in [3.63, 3.8) is 0 Å². The normalized spacial score (nSPS) is 10.3. The highest BCUT2D eigenvalue weighted by Crippen LogP contribution is 2.32. The number of aryl methyl sites for hydroxylation is 1. The van der Waals surface area contributed by atoms with E-state index in [1.165, 1.54) is 7.11 Å². The molecule has 0 fully saturated rings. The van der Waals surface area contributed by atoms with E-state index >= 15 is 0 Å². The van der Waals surface area contributed by atoms with Gasteiger partial charge in [0, 0.05) is 10.5 Å². The van der Waals surface area contributed by atoms with Gasteiger partial charge in [-0.25, -0.2) is 0 Å². The maximum atomic E-state index is 12.4. The van der Waals surface area contributed by atoms with E-state index in [4.69, 9.17) is 25.8 Å². The van der Waals surface area contributed by atoms with Crippen LogP contribution >= 0.6 is 27.5 Å². The van der Waals surface area contributed by atoms with Crippen LogP contribution in [0.1, 0.15) is 15.9 Å². The predicted octanol–water partition coefficient (Wildman–Crippen LogP) is 4.69. The zero-order valence-electron chi connectivity index (χ0n) is 13.0. The SMILES string of the molecule is COc1ccc(C(=O)COc2c(C)cc(Br)cc2Cl)c(OC)c1. The molecular formula is C17H16BrClO4. The Morgan fingerprint density at radius 2 is 1.91 bits per heavy atom. The number of benzene rings is 2. The summed E-state index contributed by atoms with van der Waals surface area (Å²) in [6.45, 7) is 1.73. The van der Waals surface area contributed by atoms with Crippen molar-refractivity contribution in [3.05, 3.63) is 51.0 Å². The Balaban J connectivity index is 2.17. The molecule has 0 aromatic heterocycles. The second kappa shape index (κ2) is 7.70. The Morgan fingerprint density at radius 3 is 2.52 bits per heavy atom. The number of ketones is 1. The van der Waals surface area contributed by atoms with Crippen molar-refractivity contribution in [2.24, 2.45) is 0 Å². The van der Waals surface area contributed by atoms with E-state index < -0.39 is 0 Å². The Labute approximate surface area is 148 Å². The van der Waals surface area contributed by atoms with Crippen LogP contribution in [0.5, 0.6) is 17.2 Å². The number of halogens is 2. The summed E-state index contributed by atoms with van der Waals surface area (Å²) < 4.78 is 16.8. The number of hydrogen-bond donors (Lipinski definition) is 0. The van der Waals surface area contributed by atoms with Gasteiger partial charge in [0.2, 0.25) is 5.78 Å². The highest BCUT2D eigenvalue weighted by molar-refractivity contribution is 9.10. The average Bonchev–Trinajstić information content (AvgIpc) is 2.52. The highest BCUT2D eigenvalue weighted by atomic mass is 79.9. The fourth-order valence-electron chi connectivity index (χ4n) is 2.12. The lowest BCUT2D eigenvalue weighted by atomic mass is 10.1. The van der Waals surface area contributed by atoms with Crippen molar-refractivity contribution >= 4 is 33.3 Å². The summed E-state index contributed by atoms with van der Waals surface area (Å²) >= 11 is 9.52. The molecule has 0 heterocycles. The Hall–Kier alpha value is -1.72. The number of ether oxygens (including phenoxy) is 3. The van der Waals surface area contributed by atoms with Crippen LogP contribution in [0.3, 0.4) is 0 Å². The molecule has 23 heavy (non-hydrogen) atoms. The first-order valence-electron chi connectivity index (χ1n) is 6.80. The number of carbonyl (C=O) groups is 1. The lowest BCUT2D eigenvalue weighted by Crippen LogP contribution is -2.13. The molecular weight excluding hydrogens is 384 g/mol. The first-order chi connectivity index (χ1) is 11.0. The predicted molar refractivity (Wildman–Crippen MR) is 93.3 cm³/mol. The van der Waals surface area contributed by atoms with Gasteiger partial charge in [0.15, 0.2) is 6.61 Å². The molecule has 0 unspecified atom stereocenters. The number of hydrogen-bond acceptors (Lipinski definition) is 4. The van der Waals surface area contributed by atoms with Gasteiger partial charge in [0.05, 0.1) is 24.8 Å². The molecule has 0 aliphatic carbocycles. The minimum atomic E-state index is -0.206. The third kappa shape index (κ3) is 4.18. The number of rotatable bonds is 6. The van der Waals surface area contributed by atoms with E-state index in [1.54, 1.807) is 31.4 Å². The zero-order chi connectivity index (χ0) is 17.0. The minimum absolute atomic E-state index is 0.134. The van der Waals surface area contributed by atoms with Gasteiger partial charge < -0.3 is 14.2 Å². The van der Waals surface area contributed by atoms with E-state index in [-0.39, 0.29) is 12.4 Å². The summed E-state index contributed by atoms with van der Waals surface area (Å²) in [5.41, 5.74) is 1.28. The molecule has 0 aliphatic heterocycles. The molecule has 0 bridgehead atoms. The van der Waals surface area contributed by atoms with Crippen LogP contribution in [-0.2, 0) is 0 Å². The Kier molecular flexibility index (Phi) is 5.91. The van der Waals surface area contributed by atoms with E-state index in [9.17, 15) is 4.79 Å². The molecule has 0 atom stereocenters. The third-order valence-corrected chi connectivity index (χ3v) is 3.99. The molecule has 2 rings (SSSR count). The summed E-state index contributed by atoms with van der Waals surface area (Å²) in [4.78, 5) is 12.4. The summed E-state index contributed by atoms with van der Waals surface area (Å²) in [5.74, 6) is 1.35. The summed E-state index contributed by atoms with van der Waals surface area (Å²) in [6, 6.07) is 8.61. The van der Waals surface area contributed by atoms with E-state index in [0.29, 0.717) is 27.8 Å². The van der Waals surface area contributed by atoms with E-state index in [0.717, 1.165) is 10.0 Å². The van der Waals surface area contributed by atoms with Crippen molar-refractivity contribution in [1.29, 1.82) is 0 Å². The van der Waals surface area contributed by atoms with Crippen LogP contribution in [-0.4, -0.2) is 26.6 Å². The van der Waals surface area contributed by atoms with Gasteiger partial charge in [0.25, 0.3) is 0 Å². The highest BCUT2D eigenvalue weighted by Gasteiger charge is 2.16. The van der Waals surface area contributed by atoms with E-state index in [1.807, 2.05) is 13.0 Å². The molecule has 0 aliphatic rings. The van der Waals surface area contributed by atoms with Gasteiger partial charge in [0.1, 0.15) is 17.2 Å². The van der Waals surface area contributed by atoms with Gasteiger partial charge >= 0.3 is 0 Å². The maximum absolute atomic E-state index is 12.4. The topological polar surface area (TPSA) is 44.8 Å². The molecule has 4 nitrogen and oxygen atoms in total. The molecule has 2 aromatic rings. The monoisotopic (exact) mass is 398 g/mol. The number of methoxy groups -OCH3 is 2. The minimum Gasteiger partial charge on any atom is -0.497 e. The fraction of sp³-hybridized carbons (Fsp3) is 0.235. The third-order valence-electron chi connectivity index (χ3n) is 3.25. The molecule has 122 valence electrons. The summed E-state index contributed by atoms with van der Waals surface area (Å²) in [7, 11) is 3.06. The Bertz CT molecular complexity index is 708. The molecule has 0 saturated carbocycles. The Morgan fingerprint density at radius 1 is 1.17 bits per heavy atom. The first-order valence-corrected chi connectivity index (χ1v) is 7.97. The van der Waals surface area contributed by atoms with Crippen molar-refractivity contribution in [1.82, 2.24) is 0 Å². The average molecular weight is 400 g/mol. The lowest BCUT2D eigenvalue weighted by Gasteiger charge is -2.13. The van der Waals surface area contributed by atoms with Crippen molar-refractivity contribution in [2.75, 3.05) is 20.8 Å².